The Morgan fingerprint density at radius 2 is 2.05 bits per heavy atom. The van der Waals surface area contributed by atoms with Crippen molar-refractivity contribution in [1.82, 2.24) is 14.4 Å². The first-order chi connectivity index (χ1) is 9.33. The molecule has 19 heavy (non-hydrogen) atoms. The summed E-state index contributed by atoms with van der Waals surface area (Å²) in [5.74, 6) is 0.705. The molecule has 0 aliphatic rings. The molecule has 0 radical (unpaired) electrons. The summed E-state index contributed by atoms with van der Waals surface area (Å²) in [6.45, 7) is 0. The zero-order valence-corrected chi connectivity index (χ0v) is 10.9. The number of nitrogens with zero attached hydrogens (tertiary/aromatic N) is 3. The van der Waals surface area contributed by atoms with Crippen LogP contribution in [0.25, 0.3) is 5.65 Å². The number of fused-ring (bicyclic) bond motifs is 1. The first kappa shape index (κ1) is 11.9. The minimum atomic E-state index is -0.0610. The van der Waals surface area contributed by atoms with Crippen LogP contribution in [0.15, 0.2) is 64.7 Å². The van der Waals surface area contributed by atoms with E-state index in [1.807, 2.05) is 36.4 Å². The second kappa shape index (κ2) is 5.24. The lowest BCUT2D eigenvalue weighted by molar-refractivity contribution is 0.984. The maximum absolute atomic E-state index is 11.9. The predicted molar refractivity (Wildman–Crippen MR) is 75.3 cm³/mol. The summed E-state index contributed by atoms with van der Waals surface area (Å²) >= 11 is 1.52. The van der Waals surface area contributed by atoms with Gasteiger partial charge in [-0.15, -0.1) is 0 Å². The number of aromatic nitrogens is 3. The van der Waals surface area contributed by atoms with Crippen molar-refractivity contribution in [3.63, 3.8) is 0 Å². The van der Waals surface area contributed by atoms with Crippen molar-refractivity contribution in [2.24, 2.45) is 0 Å². The molecule has 0 saturated carbocycles. The van der Waals surface area contributed by atoms with E-state index in [2.05, 4.69) is 9.97 Å². The highest BCUT2D eigenvalue weighted by atomic mass is 32.2. The van der Waals surface area contributed by atoms with Gasteiger partial charge in [-0.05, 0) is 24.3 Å². The van der Waals surface area contributed by atoms with Crippen molar-refractivity contribution in [3.8, 4) is 0 Å². The molecule has 5 heteroatoms. The average Bonchev–Trinajstić information content (AvgIpc) is 2.46. The number of hydrogen-bond acceptors (Lipinski definition) is 4. The van der Waals surface area contributed by atoms with Crippen LogP contribution in [-0.2, 0) is 5.75 Å². The van der Waals surface area contributed by atoms with Gasteiger partial charge in [0.15, 0.2) is 0 Å². The van der Waals surface area contributed by atoms with Gasteiger partial charge in [0.2, 0.25) is 0 Å². The van der Waals surface area contributed by atoms with E-state index in [-0.39, 0.29) is 5.56 Å². The van der Waals surface area contributed by atoms with Crippen LogP contribution in [0, 0.1) is 0 Å². The normalized spacial score (nSPS) is 10.7. The van der Waals surface area contributed by atoms with Crippen molar-refractivity contribution in [1.29, 1.82) is 0 Å². The van der Waals surface area contributed by atoms with Gasteiger partial charge in [-0.3, -0.25) is 14.2 Å². The highest BCUT2D eigenvalue weighted by Crippen LogP contribution is 2.18. The zero-order valence-electron chi connectivity index (χ0n) is 10.1. The summed E-state index contributed by atoms with van der Waals surface area (Å²) in [6.07, 6.45) is 3.48. The van der Waals surface area contributed by atoms with Crippen LogP contribution in [0.2, 0.25) is 0 Å². The fraction of sp³-hybridized carbons (Fsp3) is 0.0714. The number of rotatable bonds is 3. The lowest BCUT2D eigenvalue weighted by Crippen LogP contribution is -2.13. The van der Waals surface area contributed by atoms with E-state index < -0.39 is 0 Å². The number of hydrogen-bond donors (Lipinski definition) is 0. The molecule has 0 spiro atoms. The van der Waals surface area contributed by atoms with Crippen molar-refractivity contribution in [2.75, 3.05) is 0 Å². The highest BCUT2D eigenvalue weighted by Gasteiger charge is 2.03. The molecule has 3 aromatic heterocycles. The zero-order chi connectivity index (χ0) is 13.1. The van der Waals surface area contributed by atoms with Gasteiger partial charge in [-0.1, -0.05) is 23.9 Å². The Morgan fingerprint density at radius 1 is 1.16 bits per heavy atom. The molecule has 0 fully saturated rings. The molecular formula is C14H11N3OS. The van der Waals surface area contributed by atoms with E-state index in [1.165, 1.54) is 16.2 Å². The molecule has 0 aliphatic carbocycles. The first-order valence-corrected chi connectivity index (χ1v) is 6.83. The topological polar surface area (TPSA) is 47.3 Å². The van der Waals surface area contributed by atoms with Crippen LogP contribution >= 0.6 is 11.8 Å². The van der Waals surface area contributed by atoms with Crippen molar-refractivity contribution in [3.05, 3.63) is 70.9 Å². The van der Waals surface area contributed by atoms with E-state index in [0.717, 1.165) is 10.7 Å². The van der Waals surface area contributed by atoms with Gasteiger partial charge in [-0.25, -0.2) is 4.98 Å². The quantitative estimate of drug-likeness (QED) is 0.541. The Balaban J connectivity index is 1.88. The summed E-state index contributed by atoms with van der Waals surface area (Å²) in [5, 5.41) is 0.724. The number of pyridine rings is 2. The first-order valence-electron chi connectivity index (χ1n) is 5.84. The molecule has 3 heterocycles. The van der Waals surface area contributed by atoms with E-state index in [1.54, 1.807) is 18.5 Å². The van der Waals surface area contributed by atoms with Gasteiger partial charge in [-0.2, -0.15) is 0 Å². The average molecular weight is 269 g/mol. The molecule has 0 bridgehead atoms. The second-order valence-corrected chi connectivity index (χ2v) is 4.97. The maximum atomic E-state index is 11.9. The molecule has 0 saturated heterocycles. The van der Waals surface area contributed by atoms with Gasteiger partial charge in [0, 0.05) is 24.2 Å². The smallest absolute Gasteiger partial charge is 0.258 e. The Kier molecular flexibility index (Phi) is 3.29. The van der Waals surface area contributed by atoms with Crippen molar-refractivity contribution >= 4 is 17.4 Å². The largest absolute Gasteiger partial charge is 0.269 e. The van der Waals surface area contributed by atoms with E-state index >= 15 is 0 Å². The van der Waals surface area contributed by atoms with E-state index in [0.29, 0.717) is 11.4 Å². The van der Waals surface area contributed by atoms with Crippen LogP contribution < -0.4 is 5.56 Å². The fourth-order valence-electron chi connectivity index (χ4n) is 1.74. The van der Waals surface area contributed by atoms with E-state index in [9.17, 15) is 4.79 Å². The maximum Gasteiger partial charge on any atom is 0.258 e. The summed E-state index contributed by atoms with van der Waals surface area (Å²) in [6, 6.07) is 12.9. The van der Waals surface area contributed by atoms with Crippen LogP contribution in [0.5, 0.6) is 0 Å². The molecular weight excluding hydrogens is 258 g/mol. The molecule has 4 nitrogen and oxygen atoms in total. The Morgan fingerprint density at radius 3 is 2.89 bits per heavy atom. The summed E-state index contributed by atoms with van der Waals surface area (Å²) in [4.78, 5) is 20.6. The van der Waals surface area contributed by atoms with Crippen LogP contribution in [0.1, 0.15) is 5.69 Å². The van der Waals surface area contributed by atoms with Crippen LogP contribution in [0.3, 0.4) is 0 Å². The molecule has 0 aliphatic heterocycles. The third-order valence-corrected chi connectivity index (χ3v) is 3.59. The monoisotopic (exact) mass is 269 g/mol. The highest BCUT2D eigenvalue weighted by molar-refractivity contribution is 7.98. The van der Waals surface area contributed by atoms with Crippen LogP contribution in [-0.4, -0.2) is 14.4 Å². The van der Waals surface area contributed by atoms with Gasteiger partial charge in [0.1, 0.15) is 10.7 Å². The lowest BCUT2D eigenvalue weighted by atomic mass is 10.4. The molecule has 0 unspecified atom stereocenters. The Bertz CT molecular complexity index is 755. The predicted octanol–water partition coefficient (Wildman–Crippen LogP) is 2.38. The SMILES string of the molecule is O=c1cc(SCc2ccccn2)nc2ccccn12. The minimum absolute atomic E-state index is 0.0610. The Hall–Kier alpha value is -2.14. The minimum Gasteiger partial charge on any atom is -0.269 e. The fourth-order valence-corrected chi connectivity index (χ4v) is 2.55. The van der Waals surface area contributed by atoms with Gasteiger partial charge in [0.05, 0.1) is 5.69 Å². The molecule has 94 valence electrons. The molecule has 0 aromatic carbocycles. The lowest BCUT2D eigenvalue weighted by Gasteiger charge is -2.03. The summed E-state index contributed by atoms with van der Waals surface area (Å²) < 4.78 is 1.53. The van der Waals surface area contributed by atoms with Gasteiger partial charge < -0.3 is 0 Å². The van der Waals surface area contributed by atoms with E-state index in [4.69, 9.17) is 0 Å². The molecule has 0 atom stereocenters. The van der Waals surface area contributed by atoms with Crippen molar-refractivity contribution in [2.45, 2.75) is 10.8 Å². The molecule has 0 N–H and O–H groups in total. The van der Waals surface area contributed by atoms with Crippen LogP contribution in [0.4, 0.5) is 0 Å². The molecule has 3 rings (SSSR count). The number of thioether (sulfide) groups is 1. The van der Waals surface area contributed by atoms with Gasteiger partial charge >= 0.3 is 0 Å². The molecule has 0 amide bonds. The summed E-state index contributed by atoms with van der Waals surface area (Å²) in [7, 11) is 0. The Labute approximate surface area is 114 Å². The molecule has 3 aromatic rings. The third kappa shape index (κ3) is 2.66. The van der Waals surface area contributed by atoms with Gasteiger partial charge in [0.25, 0.3) is 5.56 Å². The second-order valence-electron chi connectivity index (χ2n) is 3.97. The standard InChI is InChI=1S/C14H11N3OS/c18-14-9-13(16-12-6-2-4-8-17(12)14)19-10-11-5-1-3-7-15-11/h1-9H,10H2. The summed E-state index contributed by atoms with van der Waals surface area (Å²) in [5.41, 5.74) is 1.58. The third-order valence-electron chi connectivity index (χ3n) is 2.64. The van der Waals surface area contributed by atoms with Crippen molar-refractivity contribution < 1.29 is 0 Å².